The highest BCUT2D eigenvalue weighted by atomic mass is 32.1. The lowest BCUT2D eigenvalue weighted by Gasteiger charge is -2.24. The van der Waals surface area contributed by atoms with Crippen LogP contribution in [0.2, 0.25) is 0 Å². The van der Waals surface area contributed by atoms with Crippen molar-refractivity contribution in [3.8, 4) is 5.75 Å². The molecule has 0 aliphatic heterocycles. The SMILES string of the molecule is CCC(C)[C@H](S)C(=O)N[C@@H](Cc1ccccc1)C(=O)N[C@@H](Cc1ccc(O)cc1)C(=O)O. The van der Waals surface area contributed by atoms with Gasteiger partial charge in [0.2, 0.25) is 11.8 Å². The number of phenolic OH excluding ortho intramolecular Hbond substituents is 1. The van der Waals surface area contributed by atoms with Crippen molar-refractivity contribution in [1.29, 1.82) is 0 Å². The number of carbonyl (C=O) groups excluding carboxylic acids is 2. The zero-order chi connectivity index (χ0) is 23.7. The van der Waals surface area contributed by atoms with Gasteiger partial charge in [-0.15, -0.1) is 0 Å². The van der Waals surface area contributed by atoms with Gasteiger partial charge in [0.05, 0.1) is 5.25 Å². The zero-order valence-corrected chi connectivity index (χ0v) is 19.1. The van der Waals surface area contributed by atoms with E-state index in [2.05, 4.69) is 23.3 Å². The fourth-order valence-electron chi connectivity index (χ4n) is 3.14. The van der Waals surface area contributed by atoms with Crippen LogP contribution in [0.3, 0.4) is 0 Å². The van der Waals surface area contributed by atoms with Crippen molar-refractivity contribution in [2.75, 3.05) is 0 Å². The normalized spacial score (nSPS) is 14.6. The molecule has 0 saturated heterocycles. The maximum Gasteiger partial charge on any atom is 0.326 e. The van der Waals surface area contributed by atoms with Gasteiger partial charge in [-0.2, -0.15) is 12.6 Å². The molecule has 8 heteroatoms. The summed E-state index contributed by atoms with van der Waals surface area (Å²) < 4.78 is 0. The number of phenols is 1. The Morgan fingerprint density at radius 1 is 0.875 bits per heavy atom. The monoisotopic (exact) mass is 458 g/mol. The Balaban J connectivity index is 2.17. The van der Waals surface area contributed by atoms with Gasteiger partial charge in [-0.05, 0) is 29.2 Å². The van der Waals surface area contributed by atoms with Crippen molar-refractivity contribution < 1.29 is 24.6 Å². The van der Waals surface area contributed by atoms with Crippen LogP contribution >= 0.6 is 12.6 Å². The van der Waals surface area contributed by atoms with E-state index in [-0.39, 0.29) is 30.4 Å². The maximum absolute atomic E-state index is 13.1. The number of benzene rings is 2. The summed E-state index contributed by atoms with van der Waals surface area (Å²) in [5.41, 5.74) is 1.48. The summed E-state index contributed by atoms with van der Waals surface area (Å²) in [7, 11) is 0. The summed E-state index contributed by atoms with van der Waals surface area (Å²) in [6, 6.07) is 13.1. The molecule has 2 aromatic carbocycles. The summed E-state index contributed by atoms with van der Waals surface area (Å²) >= 11 is 4.39. The van der Waals surface area contributed by atoms with E-state index < -0.39 is 29.2 Å². The van der Waals surface area contributed by atoms with Crippen LogP contribution in [0.15, 0.2) is 54.6 Å². The van der Waals surface area contributed by atoms with Gasteiger partial charge in [-0.3, -0.25) is 9.59 Å². The molecule has 172 valence electrons. The van der Waals surface area contributed by atoms with Gasteiger partial charge >= 0.3 is 5.97 Å². The molecule has 0 spiro atoms. The first-order chi connectivity index (χ1) is 15.2. The Labute approximate surface area is 193 Å². The number of carboxylic acids is 1. The van der Waals surface area contributed by atoms with Crippen molar-refractivity contribution in [3.05, 3.63) is 65.7 Å². The lowest BCUT2D eigenvalue weighted by Crippen LogP contribution is -2.54. The summed E-state index contributed by atoms with van der Waals surface area (Å²) in [5, 5.41) is 23.7. The van der Waals surface area contributed by atoms with Gasteiger partial charge in [0, 0.05) is 12.8 Å². The molecule has 4 atom stereocenters. The summed E-state index contributed by atoms with van der Waals surface area (Å²) in [6.07, 6.45) is 1.01. The van der Waals surface area contributed by atoms with E-state index in [4.69, 9.17) is 0 Å². The second-order valence-electron chi connectivity index (χ2n) is 7.85. The molecule has 2 aromatic rings. The average molecular weight is 459 g/mol. The molecule has 0 aliphatic rings. The number of thiol groups is 1. The predicted octanol–water partition coefficient (Wildman–Crippen LogP) is 2.58. The van der Waals surface area contributed by atoms with E-state index in [1.807, 2.05) is 44.2 Å². The van der Waals surface area contributed by atoms with E-state index >= 15 is 0 Å². The number of carbonyl (C=O) groups is 3. The van der Waals surface area contributed by atoms with Crippen LogP contribution in [0.25, 0.3) is 0 Å². The van der Waals surface area contributed by atoms with Gasteiger partial charge in [-0.25, -0.2) is 4.79 Å². The van der Waals surface area contributed by atoms with E-state index in [0.29, 0.717) is 5.56 Å². The molecule has 32 heavy (non-hydrogen) atoms. The lowest BCUT2D eigenvalue weighted by atomic mass is 10.0. The quantitative estimate of drug-likeness (QED) is 0.332. The Morgan fingerprint density at radius 2 is 1.41 bits per heavy atom. The highest BCUT2D eigenvalue weighted by Crippen LogP contribution is 2.15. The van der Waals surface area contributed by atoms with Crippen molar-refractivity contribution >= 4 is 30.4 Å². The van der Waals surface area contributed by atoms with Crippen LogP contribution in [0.4, 0.5) is 0 Å². The molecule has 0 aromatic heterocycles. The van der Waals surface area contributed by atoms with Crippen molar-refractivity contribution in [2.45, 2.75) is 50.4 Å². The first-order valence-electron chi connectivity index (χ1n) is 10.5. The number of nitrogens with one attached hydrogen (secondary N) is 2. The standard InChI is InChI=1S/C24H30N2O5S/c1-3-15(2)21(32)23(29)25-19(13-16-7-5-4-6-8-16)22(28)26-20(24(30)31)14-17-9-11-18(27)12-10-17/h4-12,15,19-21,27,32H,3,13-14H2,1-2H3,(H,25,29)(H,26,28)(H,30,31)/t15?,19-,20-,21-/m0/s1. The molecule has 0 fully saturated rings. The smallest absolute Gasteiger partial charge is 0.326 e. The molecule has 0 saturated carbocycles. The van der Waals surface area contributed by atoms with Gasteiger partial charge in [0.25, 0.3) is 0 Å². The third-order valence-corrected chi connectivity index (χ3v) is 6.10. The minimum absolute atomic E-state index is 0.0139. The van der Waals surface area contributed by atoms with Gasteiger partial charge in [-0.1, -0.05) is 62.7 Å². The number of rotatable bonds is 11. The summed E-state index contributed by atoms with van der Waals surface area (Å²) in [4.78, 5) is 37.5. The molecule has 0 aliphatic carbocycles. The molecule has 1 unspecified atom stereocenters. The Hall–Kier alpha value is -3.00. The number of hydrogen-bond acceptors (Lipinski definition) is 5. The van der Waals surface area contributed by atoms with Crippen LogP contribution in [-0.4, -0.2) is 45.3 Å². The van der Waals surface area contributed by atoms with Crippen molar-refractivity contribution in [3.63, 3.8) is 0 Å². The van der Waals surface area contributed by atoms with Gasteiger partial charge < -0.3 is 20.8 Å². The second-order valence-corrected chi connectivity index (χ2v) is 8.41. The number of hydrogen-bond donors (Lipinski definition) is 5. The number of carboxylic acid groups (broad SMARTS) is 1. The number of aliphatic carboxylic acids is 1. The first-order valence-corrected chi connectivity index (χ1v) is 11.1. The molecule has 2 amide bonds. The summed E-state index contributed by atoms with van der Waals surface area (Å²) in [6.45, 7) is 3.86. The first kappa shape index (κ1) is 25.3. The van der Waals surface area contributed by atoms with E-state index in [0.717, 1.165) is 12.0 Å². The topological polar surface area (TPSA) is 116 Å². The molecule has 7 nitrogen and oxygen atoms in total. The van der Waals surface area contributed by atoms with Crippen LogP contribution in [0, 0.1) is 5.92 Å². The van der Waals surface area contributed by atoms with E-state index in [1.165, 1.54) is 12.1 Å². The Morgan fingerprint density at radius 3 is 1.97 bits per heavy atom. The fourth-order valence-corrected chi connectivity index (χ4v) is 3.42. The molecule has 4 N–H and O–H groups in total. The van der Waals surface area contributed by atoms with Crippen molar-refractivity contribution in [1.82, 2.24) is 10.6 Å². The fraction of sp³-hybridized carbons (Fsp3) is 0.375. The third-order valence-electron chi connectivity index (χ3n) is 5.36. The van der Waals surface area contributed by atoms with Crippen LogP contribution in [0.5, 0.6) is 5.75 Å². The highest BCUT2D eigenvalue weighted by molar-refractivity contribution is 7.81. The minimum atomic E-state index is -1.19. The summed E-state index contributed by atoms with van der Waals surface area (Å²) in [5.74, 6) is -2.07. The largest absolute Gasteiger partial charge is 0.508 e. The average Bonchev–Trinajstić information content (AvgIpc) is 2.78. The predicted molar refractivity (Wildman–Crippen MR) is 126 cm³/mol. The van der Waals surface area contributed by atoms with Crippen LogP contribution in [0.1, 0.15) is 31.4 Å². The van der Waals surface area contributed by atoms with Gasteiger partial charge in [0.1, 0.15) is 17.8 Å². The molecule has 0 heterocycles. The van der Waals surface area contributed by atoms with Crippen LogP contribution < -0.4 is 10.6 Å². The lowest BCUT2D eigenvalue weighted by molar-refractivity contribution is -0.142. The Bertz CT molecular complexity index is 904. The third kappa shape index (κ3) is 7.60. The van der Waals surface area contributed by atoms with Crippen LogP contribution in [-0.2, 0) is 27.2 Å². The Kier molecular flexibility index (Phi) is 9.59. The van der Waals surface area contributed by atoms with Gasteiger partial charge in [0.15, 0.2) is 0 Å². The van der Waals surface area contributed by atoms with Crippen molar-refractivity contribution in [2.24, 2.45) is 5.92 Å². The second kappa shape index (κ2) is 12.1. The molecular formula is C24H30N2O5S. The van der Waals surface area contributed by atoms with E-state index in [1.54, 1.807) is 12.1 Å². The van der Waals surface area contributed by atoms with E-state index in [9.17, 15) is 24.6 Å². The highest BCUT2D eigenvalue weighted by Gasteiger charge is 2.29. The molecule has 2 rings (SSSR count). The molecule has 0 bridgehead atoms. The number of aromatic hydroxyl groups is 1. The zero-order valence-electron chi connectivity index (χ0n) is 18.2. The minimum Gasteiger partial charge on any atom is -0.508 e. The molecule has 0 radical (unpaired) electrons. The maximum atomic E-state index is 13.1. The molecular weight excluding hydrogens is 428 g/mol. The number of amides is 2.